The van der Waals surface area contributed by atoms with E-state index in [0.717, 1.165) is 0 Å². The van der Waals surface area contributed by atoms with E-state index in [-0.39, 0.29) is 30.4 Å². The summed E-state index contributed by atoms with van der Waals surface area (Å²) in [6.45, 7) is 3.18. The smallest absolute Gasteiger partial charge is 0.445 e. The van der Waals surface area contributed by atoms with Gasteiger partial charge in [0.2, 0.25) is 10.1 Å². The summed E-state index contributed by atoms with van der Waals surface area (Å²) in [7, 11) is 0. The molecule has 22 heavy (non-hydrogen) atoms. The second-order valence-corrected chi connectivity index (χ2v) is 5.67. The maximum absolute atomic E-state index is 12.5. The molecule has 0 saturated carbocycles. The van der Waals surface area contributed by atoms with Gasteiger partial charge in [0.1, 0.15) is 0 Å². The number of hydrogen-bond acceptors (Lipinski definition) is 6. The number of halogens is 3. The summed E-state index contributed by atoms with van der Waals surface area (Å²) in [5, 5.41) is 14.7. The van der Waals surface area contributed by atoms with Gasteiger partial charge in [-0.2, -0.15) is 13.2 Å². The molecular formula is C11H15F3LiN4O2S. The number of aromatic nitrogens is 2. The summed E-state index contributed by atoms with van der Waals surface area (Å²) in [5.41, 5.74) is 0. The molecule has 11 heteroatoms. The normalized spacial score (nSPS) is 16.4. The Morgan fingerprint density at radius 3 is 2.36 bits per heavy atom. The molecule has 1 aliphatic heterocycles. The van der Waals surface area contributed by atoms with Gasteiger partial charge in [-0.3, -0.25) is 9.69 Å². The fraction of sp³-hybridized carbons (Fsp3) is 0.727. The Kier molecular flexibility index (Phi) is 7.12. The van der Waals surface area contributed by atoms with E-state index in [1.165, 1.54) is 0 Å². The molecular weight excluding hydrogens is 316 g/mol. The van der Waals surface area contributed by atoms with E-state index in [1.807, 2.05) is 0 Å². The van der Waals surface area contributed by atoms with Gasteiger partial charge >= 0.3 is 12.1 Å². The quantitative estimate of drug-likeness (QED) is 0.817. The molecule has 2 heterocycles. The van der Waals surface area contributed by atoms with Crippen molar-refractivity contribution < 1.29 is 23.1 Å². The number of rotatable bonds is 5. The van der Waals surface area contributed by atoms with Crippen molar-refractivity contribution in [2.75, 3.05) is 37.6 Å². The SMILES string of the molecule is O=C(O)CCCN1CCN(c2nnc(C(F)(F)F)s2)CC1.[Li]. The Balaban J connectivity index is 0.00000242. The van der Waals surface area contributed by atoms with Crippen molar-refractivity contribution in [3.8, 4) is 0 Å². The molecule has 1 aromatic heterocycles. The van der Waals surface area contributed by atoms with Gasteiger partial charge in [-0.1, -0.05) is 11.3 Å². The maximum Gasteiger partial charge on any atom is 0.445 e. The molecule has 1 N–H and O–H groups in total. The zero-order chi connectivity index (χ0) is 15.5. The number of aliphatic carboxylic acids is 1. The fourth-order valence-electron chi connectivity index (χ4n) is 2.07. The molecule has 0 aliphatic carbocycles. The second-order valence-electron chi connectivity index (χ2n) is 4.71. The zero-order valence-electron chi connectivity index (χ0n) is 12.1. The summed E-state index contributed by atoms with van der Waals surface area (Å²) < 4.78 is 37.4. The summed E-state index contributed by atoms with van der Waals surface area (Å²) in [4.78, 5) is 14.3. The molecule has 1 aromatic rings. The fourth-order valence-corrected chi connectivity index (χ4v) is 2.84. The molecule has 0 amide bonds. The number of anilines is 1. The molecule has 0 unspecified atom stereocenters. The molecule has 0 bridgehead atoms. The second kappa shape index (κ2) is 8.15. The molecule has 1 aliphatic rings. The monoisotopic (exact) mass is 331 g/mol. The van der Waals surface area contributed by atoms with Gasteiger partial charge < -0.3 is 10.0 Å². The van der Waals surface area contributed by atoms with Crippen molar-refractivity contribution in [2.45, 2.75) is 19.0 Å². The van der Waals surface area contributed by atoms with Crippen LogP contribution in [0.4, 0.5) is 18.3 Å². The van der Waals surface area contributed by atoms with Crippen molar-refractivity contribution in [3.63, 3.8) is 0 Å². The van der Waals surface area contributed by atoms with E-state index >= 15 is 0 Å². The van der Waals surface area contributed by atoms with Gasteiger partial charge in [-0.25, -0.2) is 0 Å². The van der Waals surface area contributed by atoms with Gasteiger partial charge in [0, 0.05) is 51.5 Å². The summed E-state index contributed by atoms with van der Waals surface area (Å²) in [6, 6.07) is 0. The van der Waals surface area contributed by atoms with Gasteiger partial charge in [0.25, 0.3) is 0 Å². The molecule has 1 fully saturated rings. The third-order valence-corrected chi connectivity index (χ3v) is 4.19. The number of nitrogens with zero attached hydrogens (tertiary/aromatic N) is 4. The summed E-state index contributed by atoms with van der Waals surface area (Å²) >= 11 is 0.552. The number of carboxylic acids is 1. The zero-order valence-corrected chi connectivity index (χ0v) is 13.0. The van der Waals surface area contributed by atoms with Gasteiger partial charge in [-0.05, 0) is 13.0 Å². The van der Waals surface area contributed by atoms with Crippen LogP contribution in [0.15, 0.2) is 0 Å². The van der Waals surface area contributed by atoms with Crippen molar-refractivity contribution in [2.24, 2.45) is 0 Å². The van der Waals surface area contributed by atoms with Crippen LogP contribution in [0.1, 0.15) is 17.8 Å². The standard InChI is InChI=1S/C11H15F3N4O2S.Li/c12-11(13,14)9-15-16-10(21-9)18-6-4-17(5-7-18)3-1-2-8(19)20;/h1-7H2,(H,19,20);. The minimum atomic E-state index is -4.45. The molecule has 1 radical (unpaired) electrons. The largest absolute Gasteiger partial charge is 0.481 e. The Morgan fingerprint density at radius 2 is 1.86 bits per heavy atom. The van der Waals surface area contributed by atoms with E-state index < -0.39 is 17.2 Å². The molecule has 119 valence electrons. The van der Waals surface area contributed by atoms with Crippen molar-refractivity contribution >= 4 is 41.3 Å². The Hall–Kier alpha value is -0.823. The topological polar surface area (TPSA) is 69.6 Å². The molecule has 0 aromatic carbocycles. The third-order valence-electron chi connectivity index (χ3n) is 3.16. The molecule has 6 nitrogen and oxygen atoms in total. The number of carbonyl (C=O) groups is 1. The molecule has 2 rings (SSSR count). The average molecular weight is 331 g/mol. The Bertz CT molecular complexity index is 492. The van der Waals surface area contributed by atoms with Crippen LogP contribution in [0.2, 0.25) is 0 Å². The first-order valence-electron chi connectivity index (χ1n) is 6.46. The minimum absolute atomic E-state index is 0. The van der Waals surface area contributed by atoms with Crippen LogP contribution in [0, 0.1) is 0 Å². The van der Waals surface area contributed by atoms with Gasteiger partial charge in [0.05, 0.1) is 0 Å². The third kappa shape index (κ3) is 5.42. The summed E-state index contributed by atoms with van der Waals surface area (Å²) in [5.74, 6) is -0.817. The minimum Gasteiger partial charge on any atom is -0.481 e. The predicted octanol–water partition coefficient (Wildman–Crippen LogP) is 1.16. The van der Waals surface area contributed by atoms with Gasteiger partial charge in [-0.15, -0.1) is 10.2 Å². The first-order valence-corrected chi connectivity index (χ1v) is 7.27. The first kappa shape index (κ1) is 19.2. The number of hydrogen-bond donors (Lipinski definition) is 1. The molecule has 0 atom stereocenters. The van der Waals surface area contributed by atoms with Crippen LogP contribution in [0.5, 0.6) is 0 Å². The van der Waals surface area contributed by atoms with Crippen LogP contribution in [0.3, 0.4) is 0 Å². The predicted molar refractivity (Wildman–Crippen MR) is 76.2 cm³/mol. The van der Waals surface area contributed by atoms with E-state index in [4.69, 9.17) is 5.11 Å². The van der Waals surface area contributed by atoms with Crippen LogP contribution in [-0.2, 0) is 11.0 Å². The van der Waals surface area contributed by atoms with E-state index in [9.17, 15) is 18.0 Å². The molecule has 0 spiro atoms. The van der Waals surface area contributed by atoms with Crippen molar-refractivity contribution in [1.82, 2.24) is 15.1 Å². The number of alkyl halides is 3. The Morgan fingerprint density at radius 1 is 1.23 bits per heavy atom. The number of carboxylic acid groups (broad SMARTS) is 1. The van der Waals surface area contributed by atoms with Crippen molar-refractivity contribution in [3.05, 3.63) is 5.01 Å². The van der Waals surface area contributed by atoms with Gasteiger partial charge in [0.15, 0.2) is 0 Å². The number of piperazine rings is 1. The Labute approximate surface area is 141 Å². The van der Waals surface area contributed by atoms with Crippen LogP contribution in [0.25, 0.3) is 0 Å². The van der Waals surface area contributed by atoms with E-state index in [1.54, 1.807) is 4.90 Å². The van der Waals surface area contributed by atoms with E-state index in [2.05, 4.69) is 15.1 Å². The first-order chi connectivity index (χ1) is 9.86. The maximum atomic E-state index is 12.5. The molecule has 1 saturated heterocycles. The van der Waals surface area contributed by atoms with Crippen LogP contribution in [-0.4, -0.2) is 77.8 Å². The van der Waals surface area contributed by atoms with Crippen molar-refractivity contribution in [1.29, 1.82) is 0 Å². The average Bonchev–Trinajstić information content (AvgIpc) is 2.88. The summed E-state index contributed by atoms with van der Waals surface area (Å²) in [6.07, 6.45) is -3.74. The van der Waals surface area contributed by atoms with Crippen LogP contribution < -0.4 is 4.90 Å². The van der Waals surface area contributed by atoms with Crippen LogP contribution >= 0.6 is 11.3 Å². The van der Waals surface area contributed by atoms with E-state index in [0.29, 0.717) is 50.5 Å².